The zero-order chi connectivity index (χ0) is 14.3. The van der Waals surface area contributed by atoms with Crippen molar-refractivity contribution in [3.8, 4) is 0 Å². The van der Waals surface area contributed by atoms with Gasteiger partial charge in [0, 0.05) is 11.2 Å². The SMILES string of the molecule is C/C(N)=C/CC1(N[C@@H](C=O)CC(=O)O)CCCCC1. The van der Waals surface area contributed by atoms with Crippen LogP contribution in [0.2, 0.25) is 0 Å². The number of carboxylic acid groups (broad SMARTS) is 1. The van der Waals surface area contributed by atoms with Gasteiger partial charge in [-0.05, 0) is 26.2 Å². The van der Waals surface area contributed by atoms with Crippen LogP contribution < -0.4 is 11.1 Å². The van der Waals surface area contributed by atoms with Crippen LogP contribution in [0.4, 0.5) is 0 Å². The number of nitrogens with one attached hydrogen (secondary N) is 1. The average molecular weight is 268 g/mol. The lowest BCUT2D eigenvalue weighted by Crippen LogP contribution is -2.52. The fraction of sp³-hybridized carbons (Fsp3) is 0.714. The van der Waals surface area contributed by atoms with Crippen molar-refractivity contribution in [1.82, 2.24) is 5.32 Å². The molecule has 0 aromatic rings. The maximum absolute atomic E-state index is 11.0. The third kappa shape index (κ3) is 5.42. The van der Waals surface area contributed by atoms with Crippen molar-refractivity contribution >= 4 is 12.3 Å². The Morgan fingerprint density at radius 3 is 2.53 bits per heavy atom. The molecule has 1 aliphatic rings. The summed E-state index contributed by atoms with van der Waals surface area (Å²) in [7, 11) is 0. The van der Waals surface area contributed by atoms with Crippen molar-refractivity contribution in [3.05, 3.63) is 11.8 Å². The summed E-state index contributed by atoms with van der Waals surface area (Å²) in [6.07, 6.45) is 8.55. The minimum Gasteiger partial charge on any atom is -0.481 e. The topological polar surface area (TPSA) is 92.4 Å². The van der Waals surface area contributed by atoms with Crippen LogP contribution in [0.1, 0.15) is 51.9 Å². The van der Waals surface area contributed by atoms with E-state index in [1.165, 1.54) is 6.42 Å². The van der Waals surface area contributed by atoms with E-state index in [-0.39, 0.29) is 12.0 Å². The molecule has 1 aliphatic carbocycles. The fourth-order valence-corrected chi connectivity index (χ4v) is 2.71. The smallest absolute Gasteiger partial charge is 0.305 e. The summed E-state index contributed by atoms with van der Waals surface area (Å²) < 4.78 is 0. The third-order valence-electron chi connectivity index (χ3n) is 3.68. The van der Waals surface area contributed by atoms with Crippen LogP contribution in [0.25, 0.3) is 0 Å². The van der Waals surface area contributed by atoms with Crippen LogP contribution >= 0.6 is 0 Å². The number of hydrogen-bond donors (Lipinski definition) is 3. The highest BCUT2D eigenvalue weighted by Crippen LogP contribution is 2.32. The van der Waals surface area contributed by atoms with Gasteiger partial charge in [0.15, 0.2) is 0 Å². The summed E-state index contributed by atoms with van der Waals surface area (Å²) in [4.78, 5) is 21.8. The second-order valence-corrected chi connectivity index (χ2v) is 5.48. The van der Waals surface area contributed by atoms with Gasteiger partial charge >= 0.3 is 5.97 Å². The largest absolute Gasteiger partial charge is 0.481 e. The van der Waals surface area contributed by atoms with Crippen LogP contribution in [-0.2, 0) is 9.59 Å². The van der Waals surface area contributed by atoms with Crippen LogP contribution in [0, 0.1) is 0 Å². The first-order valence-electron chi connectivity index (χ1n) is 6.84. The first-order valence-corrected chi connectivity index (χ1v) is 6.84. The number of carboxylic acids is 1. The number of hydrogen-bond acceptors (Lipinski definition) is 4. The molecule has 5 nitrogen and oxygen atoms in total. The van der Waals surface area contributed by atoms with E-state index in [0.29, 0.717) is 6.29 Å². The molecule has 0 heterocycles. The Morgan fingerprint density at radius 1 is 1.42 bits per heavy atom. The van der Waals surface area contributed by atoms with Gasteiger partial charge in [0.25, 0.3) is 0 Å². The van der Waals surface area contributed by atoms with Gasteiger partial charge in [-0.3, -0.25) is 4.79 Å². The first kappa shape index (κ1) is 15.7. The molecule has 0 saturated heterocycles. The molecule has 19 heavy (non-hydrogen) atoms. The number of rotatable bonds is 7. The summed E-state index contributed by atoms with van der Waals surface area (Å²) in [6, 6.07) is -0.623. The Hall–Kier alpha value is -1.36. The zero-order valence-corrected chi connectivity index (χ0v) is 11.5. The van der Waals surface area contributed by atoms with E-state index in [9.17, 15) is 9.59 Å². The number of carbonyl (C=O) groups is 2. The monoisotopic (exact) mass is 268 g/mol. The Labute approximate surface area is 114 Å². The van der Waals surface area contributed by atoms with Crippen molar-refractivity contribution < 1.29 is 14.7 Å². The molecule has 0 bridgehead atoms. The molecule has 0 aliphatic heterocycles. The summed E-state index contributed by atoms with van der Waals surface area (Å²) >= 11 is 0. The highest BCUT2D eigenvalue weighted by atomic mass is 16.4. The molecule has 1 rings (SSSR count). The molecule has 1 fully saturated rings. The van der Waals surface area contributed by atoms with E-state index in [4.69, 9.17) is 10.8 Å². The molecule has 108 valence electrons. The summed E-state index contributed by atoms with van der Waals surface area (Å²) in [5.41, 5.74) is 6.26. The van der Waals surface area contributed by atoms with Gasteiger partial charge in [0.05, 0.1) is 12.5 Å². The molecule has 0 spiro atoms. The Bertz CT molecular complexity index is 343. The maximum Gasteiger partial charge on any atom is 0.305 e. The van der Waals surface area contributed by atoms with Crippen LogP contribution in [0.3, 0.4) is 0 Å². The predicted molar refractivity (Wildman–Crippen MR) is 73.6 cm³/mol. The highest BCUT2D eigenvalue weighted by molar-refractivity contribution is 5.73. The molecule has 0 radical (unpaired) electrons. The van der Waals surface area contributed by atoms with Crippen LogP contribution in [0.15, 0.2) is 11.8 Å². The quantitative estimate of drug-likeness (QED) is 0.610. The van der Waals surface area contributed by atoms with Gasteiger partial charge in [-0.15, -0.1) is 0 Å². The number of allylic oxidation sites excluding steroid dienone is 1. The number of nitrogens with two attached hydrogens (primary N) is 1. The van der Waals surface area contributed by atoms with Gasteiger partial charge in [-0.1, -0.05) is 25.3 Å². The van der Waals surface area contributed by atoms with Crippen molar-refractivity contribution in [2.75, 3.05) is 0 Å². The van der Waals surface area contributed by atoms with Crippen LogP contribution in [-0.4, -0.2) is 28.9 Å². The molecule has 1 atom stereocenters. The van der Waals surface area contributed by atoms with E-state index in [0.717, 1.165) is 37.8 Å². The minimum atomic E-state index is -0.957. The number of carbonyl (C=O) groups excluding carboxylic acids is 1. The minimum absolute atomic E-state index is 0.170. The standard InChI is InChI=1S/C14H24N2O3/c1-11(15)5-8-14(6-3-2-4-7-14)16-12(10-17)9-13(18)19/h5,10,12,16H,2-4,6-9,15H2,1H3,(H,18,19)/b11-5-/t12-/m1/s1. The molecule has 1 saturated carbocycles. The van der Waals surface area contributed by atoms with Gasteiger partial charge in [-0.25, -0.2) is 0 Å². The second-order valence-electron chi connectivity index (χ2n) is 5.48. The molecule has 0 aromatic heterocycles. The summed E-state index contributed by atoms with van der Waals surface area (Å²) in [5, 5.41) is 12.1. The lowest BCUT2D eigenvalue weighted by molar-refractivity contribution is -0.138. The molecule has 0 unspecified atom stereocenters. The highest BCUT2D eigenvalue weighted by Gasteiger charge is 2.33. The first-order chi connectivity index (χ1) is 8.97. The van der Waals surface area contributed by atoms with E-state index in [2.05, 4.69) is 5.32 Å². The second kappa shape index (κ2) is 7.28. The van der Waals surface area contributed by atoms with E-state index >= 15 is 0 Å². The summed E-state index contributed by atoms with van der Waals surface area (Å²) in [6.45, 7) is 1.84. The molecule has 4 N–H and O–H groups in total. The third-order valence-corrected chi connectivity index (χ3v) is 3.68. The number of aliphatic carboxylic acids is 1. The van der Waals surface area contributed by atoms with Crippen molar-refractivity contribution in [2.45, 2.75) is 63.5 Å². The molecule has 0 aromatic carbocycles. The van der Waals surface area contributed by atoms with Crippen molar-refractivity contribution in [1.29, 1.82) is 0 Å². The molecular formula is C14H24N2O3. The summed E-state index contributed by atoms with van der Waals surface area (Å²) in [5.74, 6) is -0.957. The number of aldehydes is 1. The average Bonchev–Trinajstić information content (AvgIpc) is 2.36. The van der Waals surface area contributed by atoms with E-state index in [1.54, 1.807) is 0 Å². The van der Waals surface area contributed by atoms with Gasteiger partial charge in [0.1, 0.15) is 6.29 Å². The Morgan fingerprint density at radius 2 is 2.05 bits per heavy atom. The van der Waals surface area contributed by atoms with Gasteiger partial charge in [-0.2, -0.15) is 0 Å². The fourth-order valence-electron chi connectivity index (χ4n) is 2.71. The lowest BCUT2D eigenvalue weighted by atomic mass is 9.78. The molecule has 0 amide bonds. The van der Waals surface area contributed by atoms with E-state index in [1.807, 2.05) is 13.0 Å². The van der Waals surface area contributed by atoms with E-state index < -0.39 is 12.0 Å². The molecule has 5 heteroatoms. The Balaban J connectivity index is 2.74. The maximum atomic E-state index is 11.0. The zero-order valence-electron chi connectivity index (χ0n) is 11.5. The van der Waals surface area contributed by atoms with Gasteiger partial charge < -0.3 is 21.0 Å². The van der Waals surface area contributed by atoms with Gasteiger partial charge in [0.2, 0.25) is 0 Å². The van der Waals surface area contributed by atoms with Crippen LogP contribution in [0.5, 0.6) is 0 Å². The Kier molecular flexibility index (Phi) is 6.02. The predicted octanol–water partition coefficient (Wildman–Crippen LogP) is 1.57. The molecular weight excluding hydrogens is 244 g/mol. The van der Waals surface area contributed by atoms with Crippen molar-refractivity contribution in [3.63, 3.8) is 0 Å². The van der Waals surface area contributed by atoms with Crippen molar-refractivity contribution in [2.24, 2.45) is 5.73 Å². The lowest BCUT2D eigenvalue weighted by Gasteiger charge is -2.39. The normalized spacial score (nSPS) is 20.8.